The smallest absolute Gasteiger partial charge is 0.270 e. The molecule has 0 unspecified atom stereocenters. The molecule has 0 atom stereocenters. The van der Waals surface area contributed by atoms with E-state index >= 15 is 0 Å². The van der Waals surface area contributed by atoms with Gasteiger partial charge in [-0.25, -0.2) is 0 Å². The standard InChI is InChI=1S/C9H11IN2O2/c1-2-5-11-9-4-3-7(12(13)14)6-8(9)10/h3-4,6,11H,2,5H2,1H3. The quantitative estimate of drug-likeness (QED) is 0.528. The number of hydrogen-bond donors (Lipinski definition) is 1. The Bertz CT molecular complexity index is 342. The molecule has 1 aromatic rings. The summed E-state index contributed by atoms with van der Waals surface area (Å²) in [7, 11) is 0. The molecule has 1 rings (SSSR count). The van der Waals surface area contributed by atoms with Gasteiger partial charge in [-0.1, -0.05) is 6.92 Å². The van der Waals surface area contributed by atoms with Gasteiger partial charge in [0, 0.05) is 27.9 Å². The summed E-state index contributed by atoms with van der Waals surface area (Å²) < 4.78 is 0.880. The number of hydrogen-bond acceptors (Lipinski definition) is 3. The van der Waals surface area contributed by atoms with E-state index in [4.69, 9.17) is 0 Å². The average Bonchev–Trinajstić information content (AvgIpc) is 2.15. The third-order valence-electron chi connectivity index (χ3n) is 1.73. The lowest BCUT2D eigenvalue weighted by Gasteiger charge is -2.06. The van der Waals surface area contributed by atoms with Crippen LogP contribution in [0.25, 0.3) is 0 Å². The summed E-state index contributed by atoms with van der Waals surface area (Å²) in [5.41, 5.74) is 1.09. The van der Waals surface area contributed by atoms with Crippen LogP contribution >= 0.6 is 22.6 Å². The van der Waals surface area contributed by atoms with E-state index in [0.29, 0.717) is 0 Å². The Hall–Kier alpha value is -0.850. The van der Waals surface area contributed by atoms with Crippen LogP contribution in [0.1, 0.15) is 13.3 Å². The third kappa shape index (κ3) is 2.83. The minimum atomic E-state index is -0.383. The number of nitro groups is 1. The zero-order valence-corrected chi connectivity index (χ0v) is 9.95. The van der Waals surface area contributed by atoms with E-state index in [1.165, 1.54) is 6.07 Å². The molecule has 1 aromatic carbocycles. The van der Waals surface area contributed by atoms with Crippen molar-refractivity contribution in [2.45, 2.75) is 13.3 Å². The minimum absolute atomic E-state index is 0.136. The lowest BCUT2D eigenvalue weighted by atomic mass is 10.3. The van der Waals surface area contributed by atoms with E-state index in [-0.39, 0.29) is 10.6 Å². The van der Waals surface area contributed by atoms with E-state index in [1.807, 2.05) is 0 Å². The first-order valence-electron chi connectivity index (χ1n) is 4.33. The maximum Gasteiger partial charge on any atom is 0.270 e. The first-order valence-corrected chi connectivity index (χ1v) is 5.41. The summed E-state index contributed by atoms with van der Waals surface area (Å²) in [6.45, 7) is 2.96. The summed E-state index contributed by atoms with van der Waals surface area (Å²) in [4.78, 5) is 10.1. The van der Waals surface area contributed by atoms with Crippen LogP contribution in [0.4, 0.5) is 11.4 Å². The van der Waals surface area contributed by atoms with Crippen LogP contribution in [0.5, 0.6) is 0 Å². The highest BCUT2D eigenvalue weighted by Crippen LogP contribution is 2.23. The van der Waals surface area contributed by atoms with Crippen LogP contribution in [-0.2, 0) is 0 Å². The molecular weight excluding hydrogens is 295 g/mol. The number of nitrogens with one attached hydrogen (secondary N) is 1. The van der Waals surface area contributed by atoms with Crippen molar-refractivity contribution in [3.05, 3.63) is 31.9 Å². The van der Waals surface area contributed by atoms with E-state index in [1.54, 1.807) is 12.1 Å². The van der Waals surface area contributed by atoms with Crippen molar-refractivity contribution < 1.29 is 4.92 Å². The summed E-state index contributed by atoms with van der Waals surface area (Å²) in [6.07, 6.45) is 1.03. The fourth-order valence-electron chi connectivity index (χ4n) is 1.02. The van der Waals surface area contributed by atoms with Gasteiger partial charge in [-0.15, -0.1) is 0 Å². The first-order chi connectivity index (χ1) is 6.65. The van der Waals surface area contributed by atoms with Gasteiger partial charge in [0.15, 0.2) is 0 Å². The Labute approximate surface area is 96.0 Å². The van der Waals surface area contributed by atoms with Crippen LogP contribution in [0, 0.1) is 13.7 Å². The molecule has 0 aliphatic carbocycles. The van der Waals surface area contributed by atoms with E-state index in [2.05, 4.69) is 34.8 Å². The van der Waals surface area contributed by atoms with E-state index in [0.717, 1.165) is 22.2 Å². The van der Waals surface area contributed by atoms with Gasteiger partial charge in [0.25, 0.3) is 5.69 Å². The molecule has 0 aliphatic rings. The molecule has 0 aromatic heterocycles. The second kappa shape index (κ2) is 5.14. The number of halogens is 1. The summed E-state index contributed by atoms with van der Waals surface area (Å²) in [5.74, 6) is 0. The van der Waals surface area contributed by atoms with Crippen LogP contribution in [0.15, 0.2) is 18.2 Å². The number of rotatable bonds is 4. The number of nitrogens with zero attached hydrogens (tertiary/aromatic N) is 1. The molecule has 0 fully saturated rings. The Balaban J connectivity index is 2.84. The topological polar surface area (TPSA) is 55.2 Å². The van der Waals surface area contributed by atoms with E-state index < -0.39 is 0 Å². The van der Waals surface area contributed by atoms with Crippen molar-refractivity contribution in [1.82, 2.24) is 0 Å². The number of nitro benzene ring substituents is 1. The molecule has 0 radical (unpaired) electrons. The van der Waals surface area contributed by atoms with Gasteiger partial charge in [-0.3, -0.25) is 10.1 Å². The van der Waals surface area contributed by atoms with Crippen molar-refractivity contribution in [3.63, 3.8) is 0 Å². The Morgan fingerprint density at radius 3 is 2.79 bits per heavy atom. The Kier molecular flexibility index (Phi) is 4.12. The fourth-order valence-corrected chi connectivity index (χ4v) is 1.71. The maximum absolute atomic E-state index is 10.5. The molecule has 1 N–H and O–H groups in total. The maximum atomic E-state index is 10.5. The van der Waals surface area contributed by atoms with Gasteiger partial charge in [-0.2, -0.15) is 0 Å². The normalized spacial score (nSPS) is 9.86. The molecular formula is C9H11IN2O2. The minimum Gasteiger partial charge on any atom is -0.384 e. The summed E-state index contributed by atoms with van der Waals surface area (Å²) in [6, 6.07) is 4.83. The zero-order chi connectivity index (χ0) is 10.6. The predicted octanol–water partition coefficient (Wildman–Crippen LogP) is 3.02. The highest BCUT2D eigenvalue weighted by molar-refractivity contribution is 14.1. The predicted molar refractivity (Wildman–Crippen MR) is 64.6 cm³/mol. The zero-order valence-electron chi connectivity index (χ0n) is 7.79. The van der Waals surface area contributed by atoms with Crippen LogP contribution in [0.3, 0.4) is 0 Å². The van der Waals surface area contributed by atoms with Crippen molar-refractivity contribution in [1.29, 1.82) is 0 Å². The lowest BCUT2D eigenvalue weighted by molar-refractivity contribution is -0.384. The monoisotopic (exact) mass is 306 g/mol. The molecule has 0 bridgehead atoms. The second-order valence-corrected chi connectivity index (χ2v) is 4.01. The lowest BCUT2D eigenvalue weighted by Crippen LogP contribution is -2.01. The van der Waals surface area contributed by atoms with E-state index in [9.17, 15) is 10.1 Å². The summed E-state index contributed by atoms with van der Waals surface area (Å²) in [5, 5.41) is 13.7. The molecule has 0 saturated carbocycles. The van der Waals surface area contributed by atoms with Crippen molar-refractivity contribution >= 4 is 34.0 Å². The van der Waals surface area contributed by atoms with Crippen LogP contribution in [0.2, 0.25) is 0 Å². The third-order valence-corrected chi connectivity index (χ3v) is 2.62. The number of benzene rings is 1. The SMILES string of the molecule is CCCNc1ccc([N+](=O)[O-])cc1I. The second-order valence-electron chi connectivity index (χ2n) is 2.85. The molecule has 5 heteroatoms. The highest BCUT2D eigenvalue weighted by atomic mass is 127. The number of anilines is 1. The molecule has 0 aliphatic heterocycles. The van der Waals surface area contributed by atoms with Gasteiger partial charge in [0.05, 0.1) is 4.92 Å². The largest absolute Gasteiger partial charge is 0.384 e. The first kappa shape index (κ1) is 11.2. The van der Waals surface area contributed by atoms with Crippen molar-refractivity contribution in [3.8, 4) is 0 Å². The summed E-state index contributed by atoms with van der Waals surface area (Å²) >= 11 is 2.09. The van der Waals surface area contributed by atoms with Crippen molar-refractivity contribution in [2.24, 2.45) is 0 Å². The van der Waals surface area contributed by atoms with Crippen LogP contribution < -0.4 is 5.32 Å². The molecule has 4 nitrogen and oxygen atoms in total. The van der Waals surface area contributed by atoms with Gasteiger partial charge in [0.2, 0.25) is 0 Å². The van der Waals surface area contributed by atoms with Gasteiger partial charge < -0.3 is 5.32 Å². The number of non-ortho nitro benzene ring substituents is 1. The molecule has 0 heterocycles. The molecule has 0 amide bonds. The van der Waals surface area contributed by atoms with Gasteiger partial charge in [0.1, 0.15) is 0 Å². The van der Waals surface area contributed by atoms with Crippen molar-refractivity contribution in [2.75, 3.05) is 11.9 Å². The fraction of sp³-hybridized carbons (Fsp3) is 0.333. The Morgan fingerprint density at radius 2 is 2.29 bits per heavy atom. The molecule has 0 saturated heterocycles. The molecule has 0 spiro atoms. The molecule has 14 heavy (non-hydrogen) atoms. The van der Waals surface area contributed by atoms with Crippen LogP contribution in [-0.4, -0.2) is 11.5 Å². The molecule has 76 valence electrons. The van der Waals surface area contributed by atoms with Gasteiger partial charge >= 0.3 is 0 Å². The average molecular weight is 306 g/mol. The Morgan fingerprint density at radius 1 is 1.57 bits per heavy atom. The highest BCUT2D eigenvalue weighted by Gasteiger charge is 2.07. The van der Waals surface area contributed by atoms with Gasteiger partial charge in [-0.05, 0) is 35.1 Å².